The summed E-state index contributed by atoms with van der Waals surface area (Å²) in [5.74, 6) is 0. The molecule has 0 amide bonds. The fraction of sp³-hybridized carbons (Fsp3) is 1.00. The lowest BCUT2D eigenvalue weighted by Gasteiger charge is -2.43. The van der Waals surface area contributed by atoms with Gasteiger partial charge in [0.25, 0.3) is 0 Å². The molecule has 0 bridgehead atoms. The molecule has 11 heavy (non-hydrogen) atoms. The molecule has 2 atom stereocenters. The maximum atomic E-state index is 9.47. The van der Waals surface area contributed by atoms with Crippen molar-refractivity contribution < 1.29 is 15.1 Å². The molecule has 0 aliphatic carbocycles. The third kappa shape index (κ3) is 1.54. The first kappa shape index (κ1) is 8.93. The van der Waals surface area contributed by atoms with Gasteiger partial charge in [0.2, 0.25) is 0 Å². The van der Waals surface area contributed by atoms with Crippen LogP contribution in [0.1, 0.15) is 20.8 Å². The monoisotopic (exact) mass is 161 g/mol. The van der Waals surface area contributed by atoms with Gasteiger partial charge in [0.1, 0.15) is 0 Å². The van der Waals surface area contributed by atoms with Gasteiger partial charge in [-0.1, -0.05) is 0 Å². The Morgan fingerprint density at radius 2 is 2.09 bits per heavy atom. The summed E-state index contributed by atoms with van der Waals surface area (Å²) in [6, 6.07) is -0.362. The third-order valence-corrected chi connectivity index (χ3v) is 2.03. The standard InChI is InChI=1S/C7H15NO3/c1-5-6(9)11-4-7(2,3)8(5)10/h5-6,9-10H,4H2,1-3H3. The summed E-state index contributed by atoms with van der Waals surface area (Å²) < 4.78 is 5.03. The highest BCUT2D eigenvalue weighted by Gasteiger charge is 2.39. The van der Waals surface area contributed by atoms with Gasteiger partial charge in [0, 0.05) is 0 Å². The number of hydrogen-bond donors (Lipinski definition) is 2. The summed E-state index contributed by atoms with van der Waals surface area (Å²) in [6.07, 6.45) is -0.881. The van der Waals surface area contributed by atoms with Crippen molar-refractivity contribution in [2.75, 3.05) is 6.61 Å². The Balaban J connectivity index is 2.67. The molecule has 1 fully saturated rings. The fourth-order valence-corrected chi connectivity index (χ4v) is 1.17. The van der Waals surface area contributed by atoms with Gasteiger partial charge in [-0.05, 0) is 20.8 Å². The maximum Gasteiger partial charge on any atom is 0.172 e. The van der Waals surface area contributed by atoms with E-state index in [1.54, 1.807) is 6.92 Å². The van der Waals surface area contributed by atoms with Crippen molar-refractivity contribution in [1.29, 1.82) is 0 Å². The summed E-state index contributed by atoms with van der Waals surface area (Å²) >= 11 is 0. The van der Waals surface area contributed by atoms with Crippen LogP contribution in [0.5, 0.6) is 0 Å². The van der Waals surface area contributed by atoms with Crippen LogP contribution >= 0.6 is 0 Å². The van der Waals surface area contributed by atoms with Gasteiger partial charge in [-0.2, -0.15) is 5.06 Å². The van der Waals surface area contributed by atoms with E-state index in [0.29, 0.717) is 6.61 Å². The van der Waals surface area contributed by atoms with Crippen molar-refractivity contribution in [1.82, 2.24) is 5.06 Å². The van der Waals surface area contributed by atoms with E-state index in [0.717, 1.165) is 5.06 Å². The van der Waals surface area contributed by atoms with Gasteiger partial charge >= 0.3 is 0 Å². The lowest BCUT2D eigenvalue weighted by atomic mass is 10.0. The number of morpholine rings is 1. The third-order valence-electron chi connectivity index (χ3n) is 2.03. The van der Waals surface area contributed by atoms with Crippen molar-refractivity contribution >= 4 is 0 Å². The number of hydroxylamine groups is 2. The highest BCUT2D eigenvalue weighted by Crippen LogP contribution is 2.23. The van der Waals surface area contributed by atoms with E-state index in [1.807, 2.05) is 13.8 Å². The Kier molecular flexibility index (Phi) is 2.20. The number of ether oxygens (including phenoxy) is 1. The Bertz CT molecular complexity index is 149. The second-order valence-electron chi connectivity index (χ2n) is 3.60. The van der Waals surface area contributed by atoms with E-state index in [-0.39, 0.29) is 6.04 Å². The summed E-state index contributed by atoms with van der Waals surface area (Å²) in [5.41, 5.74) is -0.404. The minimum Gasteiger partial charge on any atom is -0.367 e. The van der Waals surface area contributed by atoms with Gasteiger partial charge in [0.05, 0.1) is 18.2 Å². The molecule has 0 spiro atoms. The van der Waals surface area contributed by atoms with Crippen molar-refractivity contribution in [3.05, 3.63) is 0 Å². The molecule has 2 unspecified atom stereocenters. The van der Waals surface area contributed by atoms with Gasteiger partial charge in [-0.25, -0.2) is 0 Å². The normalized spacial score (nSPS) is 39.0. The number of hydrogen-bond acceptors (Lipinski definition) is 4. The second kappa shape index (κ2) is 2.71. The van der Waals surface area contributed by atoms with Crippen molar-refractivity contribution in [3.63, 3.8) is 0 Å². The van der Waals surface area contributed by atoms with Gasteiger partial charge in [-0.3, -0.25) is 0 Å². The van der Waals surface area contributed by atoms with Crippen LogP contribution in [-0.2, 0) is 4.74 Å². The summed E-state index contributed by atoms with van der Waals surface area (Å²) in [4.78, 5) is 0. The van der Waals surface area contributed by atoms with E-state index < -0.39 is 11.8 Å². The first-order valence-corrected chi connectivity index (χ1v) is 3.73. The Labute approximate surface area is 66.3 Å². The minimum atomic E-state index is -0.881. The molecule has 1 aliphatic heterocycles. The van der Waals surface area contributed by atoms with Crippen LogP contribution in [0, 0.1) is 0 Å². The second-order valence-corrected chi connectivity index (χ2v) is 3.60. The number of nitrogens with zero attached hydrogens (tertiary/aromatic N) is 1. The molecular formula is C7H15NO3. The SMILES string of the molecule is CC1C(O)OCC(C)(C)N1O. The minimum absolute atomic E-state index is 0.342. The molecule has 1 heterocycles. The number of aliphatic hydroxyl groups excluding tert-OH is 1. The van der Waals surface area contributed by atoms with Crippen molar-refractivity contribution in [2.45, 2.75) is 38.6 Å². The quantitative estimate of drug-likeness (QED) is 0.532. The Hall–Kier alpha value is -0.160. The topological polar surface area (TPSA) is 52.9 Å². The average molecular weight is 161 g/mol. The van der Waals surface area contributed by atoms with E-state index in [9.17, 15) is 5.21 Å². The highest BCUT2D eigenvalue weighted by molar-refractivity contribution is 4.84. The molecule has 0 radical (unpaired) electrons. The Morgan fingerprint density at radius 3 is 2.55 bits per heavy atom. The van der Waals surface area contributed by atoms with Gasteiger partial charge in [0.15, 0.2) is 6.29 Å². The smallest absolute Gasteiger partial charge is 0.172 e. The zero-order valence-electron chi connectivity index (χ0n) is 7.11. The molecule has 4 nitrogen and oxygen atoms in total. The zero-order chi connectivity index (χ0) is 8.65. The molecule has 2 N–H and O–H groups in total. The van der Waals surface area contributed by atoms with Crippen LogP contribution < -0.4 is 0 Å². The zero-order valence-corrected chi connectivity index (χ0v) is 7.11. The molecule has 0 aromatic heterocycles. The molecule has 1 saturated heterocycles. The molecule has 66 valence electrons. The predicted octanol–water partition coefficient (Wildman–Crippen LogP) is 0.193. The first-order valence-electron chi connectivity index (χ1n) is 3.73. The summed E-state index contributed by atoms with van der Waals surface area (Å²) in [5, 5.41) is 19.8. The Morgan fingerprint density at radius 1 is 1.55 bits per heavy atom. The lowest BCUT2D eigenvalue weighted by molar-refractivity contribution is -0.305. The molecule has 0 aromatic rings. The predicted molar refractivity (Wildman–Crippen MR) is 39.1 cm³/mol. The van der Waals surface area contributed by atoms with Crippen LogP contribution in [0.15, 0.2) is 0 Å². The van der Waals surface area contributed by atoms with E-state index in [2.05, 4.69) is 0 Å². The van der Waals surface area contributed by atoms with Gasteiger partial charge < -0.3 is 15.1 Å². The van der Waals surface area contributed by atoms with Crippen LogP contribution in [0.4, 0.5) is 0 Å². The molecule has 4 heteroatoms. The maximum absolute atomic E-state index is 9.47. The first-order chi connectivity index (χ1) is 4.95. The summed E-state index contributed by atoms with van der Waals surface area (Å²) in [6.45, 7) is 5.77. The van der Waals surface area contributed by atoms with Crippen LogP contribution in [0.3, 0.4) is 0 Å². The van der Waals surface area contributed by atoms with Gasteiger partial charge in [-0.15, -0.1) is 0 Å². The number of aliphatic hydroxyl groups is 1. The largest absolute Gasteiger partial charge is 0.367 e. The molecule has 1 rings (SSSR count). The highest BCUT2D eigenvalue weighted by atomic mass is 16.6. The molecular weight excluding hydrogens is 146 g/mol. The molecule has 0 saturated carbocycles. The average Bonchev–Trinajstić information content (AvgIpc) is 1.95. The van der Waals surface area contributed by atoms with E-state index >= 15 is 0 Å². The summed E-state index contributed by atoms with van der Waals surface area (Å²) in [7, 11) is 0. The van der Waals surface area contributed by atoms with E-state index in [4.69, 9.17) is 9.84 Å². The van der Waals surface area contributed by atoms with Crippen molar-refractivity contribution in [2.24, 2.45) is 0 Å². The van der Waals surface area contributed by atoms with Crippen LogP contribution in [0.2, 0.25) is 0 Å². The number of rotatable bonds is 0. The van der Waals surface area contributed by atoms with Crippen molar-refractivity contribution in [3.8, 4) is 0 Å². The van der Waals surface area contributed by atoms with E-state index in [1.165, 1.54) is 0 Å². The van der Waals surface area contributed by atoms with Crippen LogP contribution in [-0.4, -0.2) is 39.9 Å². The molecule has 1 aliphatic rings. The lowest BCUT2D eigenvalue weighted by Crippen LogP contribution is -2.59. The fourth-order valence-electron chi connectivity index (χ4n) is 1.17. The molecule has 0 aromatic carbocycles. The van der Waals surface area contributed by atoms with Crippen LogP contribution in [0.25, 0.3) is 0 Å².